The zero-order valence-corrected chi connectivity index (χ0v) is 12.1. The molecule has 124 valence electrons. The molecule has 0 bridgehead atoms. The number of rotatable bonds is 8. The lowest BCUT2D eigenvalue weighted by molar-refractivity contribution is -0.174. The number of carbonyl (C=O) groups excluding carboxylic acids is 1. The normalized spacial score (nSPS) is 14.9. The average Bonchev–Trinajstić information content (AvgIpc) is 2.47. The van der Waals surface area contributed by atoms with E-state index >= 15 is 0 Å². The number of alkyl halides is 6. The lowest BCUT2D eigenvalue weighted by atomic mass is 10.1. The molecule has 2 unspecified atom stereocenters. The number of carbonyl (C=O) groups is 1. The zero-order chi connectivity index (χ0) is 16.8. The van der Waals surface area contributed by atoms with E-state index in [0.29, 0.717) is 5.56 Å². The molecule has 1 rings (SSSR count). The van der Waals surface area contributed by atoms with Crippen LogP contribution in [0.15, 0.2) is 30.3 Å². The second-order valence-electron chi connectivity index (χ2n) is 4.57. The fourth-order valence-corrected chi connectivity index (χ4v) is 2.44. The van der Waals surface area contributed by atoms with Crippen LogP contribution in [0.5, 0.6) is 0 Å². The fourth-order valence-electron chi connectivity index (χ4n) is 1.57. The van der Waals surface area contributed by atoms with Gasteiger partial charge in [0.05, 0.1) is 0 Å². The van der Waals surface area contributed by atoms with Gasteiger partial charge in [-0.2, -0.15) is 8.78 Å². The molecular formula is C14H14F6OS. The topological polar surface area (TPSA) is 17.1 Å². The molecule has 2 atom stereocenters. The van der Waals surface area contributed by atoms with Crippen molar-refractivity contribution >= 4 is 16.9 Å². The summed E-state index contributed by atoms with van der Waals surface area (Å²) < 4.78 is 75.4. The molecule has 1 aromatic carbocycles. The van der Waals surface area contributed by atoms with E-state index < -0.39 is 31.1 Å². The van der Waals surface area contributed by atoms with Crippen molar-refractivity contribution in [3.8, 4) is 0 Å². The maximum absolute atomic E-state index is 13.4. The minimum absolute atomic E-state index is 0.0537. The fraction of sp³-hybridized carbons (Fsp3) is 0.500. The summed E-state index contributed by atoms with van der Waals surface area (Å²) in [5.74, 6) is -4.92. The second-order valence-corrected chi connectivity index (χ2v) is 5.63. The number of thioether (sulfide) groups is 1. The molecule has 1 aromatic rings. The van der Waals surface area contributed by atoms with Crippen LogP contribution in [0.3, 0.4) is 0 Å². The van der Waals surface area contributed by atoms with Gasteiger partial charge in [0, 0.05) is 17.7 Å². The molecular weight excluding hydrogens is 330 g/mol. The Labute approximate surface area is 128 Å². The minimum atomic E-state index is -4.86. The smallest absolute Gasteiger partial charge is 0.282 e. The Morgan fingerprint density at radius 3 is 2.23 bits per heavy atom. The molecule has 0 fully saturated rings. The summed E-state index contributed by atoms with van der Waals surface area (Å²) in [4.78, 5) is 11.6. The van der Waals surface area contributed by atoms with E-state index in [0.717, 1.165) is 11.8 Å². The number of hydrogen-bond acceptors (Lipinski definition) is 2. The quantitative estimate of drug-likeness (QED) is 0.623. The number of benzene rings is 1. The van der Waals surface area contributed by atoms with E-state index in [9.17, 15) is 31.1 Å². The molecule has 8 heteroatoms. The summed E-state index contributed by atoms with van der Waals surface area (Å²) in [5, 5.41) is -0.331. The third-order valence-electron chi connectivity index (χ3n) is 2.84. The van der Waals surface area contributed by atoms with Crippen molar-refractivity contribution in [3.05, 3.63) is 35.9 Å². The van der Waals surface area contributed by atoms with E-state index in [1.165, 1.54) is 0 Å². The molecule has 0 heterocycles. The first-order valence-corrected chi connectivity index (χ1v) is 7.40. The van der Waals surface area contributed by atoms with Crippen LogP contribution >= 0.6 is 11.8 Å². The van der Waals surface area contributed by atoms with E-state index in [4.69, 9.17) is 0 Å². The monoisotopic (exact) mass is 344 g/mol. The molecule has 0 amide bonds. The van der Waals surface area contributed by atoms with Crippen LogP contribution in [0.4, 0.5) is 26.3 Å². The van der Waals surface area contributed by atoms with Gasteiger partial charge in [-0.25, -0.2) is 17.6 Å². The van der Waals surface area contributed by atoms with Crippen molar-refractivity contribution in [1.29, 1.82) is 0 Å². The lowest BCUT2D eigenvalue weighted by Crippen LogP contribution is -2.39. The SMILES string of the molecule is O=C(SCCC(F)CC(F)C(F)(F)C(F)F)c1ccccc1. The Morgan fingerprint density at radius 2 is 1.68 bits per heavy atom. The van der Waals surface area contributed by atoms with Crippen LogP contribution in [-0.4, -0.2) is 35.6 Å². The molecule has 0 aliphatic heterocycles. The predicted molar refractivity (Wildman–Crippen MR) is 73.2 cm³/mol. The van der Waals surface area contributed by atoms with Crippen molar-refractivity contribution in [2.75, 3.05) is 5.75 Å². The van der Waals surface area contributed by atoms with Gasteiger partial charge in [-0.3, -0.25) is 4.79 Å². The molecule has 1 nitrogen and oxygen atoms in total. The average molecular weight is 344 g/mol. The van der Waals surface area contributed by atoms with Gasteiger partial charge in [0.2, 0.25) is 5.12 Å². The summed E-state index contributed by atoms with van der Waals surface area (Å²) in [6.45, 7) is 0. The molecule has 0 spiro atoms. The molecule has 0 aliphatic carbocycles. The largest absolute Gasteiger partial charge is 0.337 e. The van der Waals surface area contributed by atoms with Gasteiger partial charge >= 0.3 is 12.3 Å². The van der Waals surface area contributed by atoms with Crippen LogP contribution in [0.2, 0.25) is 0 Å². The summed E-state index contributed by atoms with van der Waals surface area (Å²) in [6.07, 6.45) is -11.1. The van der Waals surface area contributed by atoms with Crippen molar-refractivity contribution in [2.45, 2.75) is 37.5 Å². The summed E-state index contributed by atoms with van der Waals surface area (Å²) >= 11 is 0.762. The predicted octanol–water partition coefficient (Wildman–Crippen LogP) is 4.92. The van der Waals surface area contributed by atoms with E-state index in [1.54, 1.807) is 30.3 Å². The highest BCUT2D eigenvalue weighted by molar-refractivity contribution is 8.14. The summed E-state index contributed by atoms with van der Waals surface area (Å²) in [6, 6.07) is 8.12. The number of hydrogen-bond donors (Lipinski definition) is 0. The lowest BCUT2D eigenvalue weighted by Gasteiger charge is -2.20. The molecule has 0 radical (unpaired) electrons. The van der Waals surface area contributed by atoms with Crippen molar-refractivity contribution in [1.82, 2.24) is 0 Å². The Bertz CT molecular complexity index is 468. The van der Waals surface area contributed by atoms with Crippen LogP contribution in [0.25, 0.3) is 0 Å². The van der Waals surface area contributed by atoms with Gasteiger partial charge in [-0.1, -0.05) is 42.1 Å². The first kappa shape index (κ1) is 18.9. The standard InChI is InChI=1S/C14H14F6OS/c15-10(8-11(16)14(19,20)13(17)18)6-7-22-12(21)9-4-2-1-3-5-9/h1-5,10-11,13H,6-8H2. The molecule has 0 N–H and O–H groups in total. The van der Waals surface area contributed by atoms with Crippen molar-refractivity contribution < 1.29 is 31.1 Å². The van der Waals surface area contributed by atoms with E-state index in [-0.39, 0.29) is 17.3 Å². The first-order chi connectivity index (χ1) is 10.2. The molecule has 0 saturated carbocycles. The van der Waals surface area contributed by atoms with Crippen molar-refractivity contribution in [3.63, 3.8) is 0 Å². The van der Waals surface area contributed by atoms with Crippen molar-refractivity contribution in [2.24, 2.45) is 0 Å². The molecule has 0 aromatic heterocycles. The Morgan fingerprint density at radius 1 is 1.09 bits per heavy atom. The maximum atomic E-state index is 13.4. The highest BCUT2D eigenvalue weighted by Gasteiger charge is 2.50. The van der Waals surface area contributed by atoms with E-state index in [1.807, 2.05) is 0 Å². The van der Waals surface area contributed by atoms with Crippen LogP contribution in [-0.2, 0) is 0 Å². The van der Waals surface area contributed by atoms with E-state index in [2.05, 4.69) is 0 Å². The van der Waals surface area contributed by atoms with Gasteiger partial charge in [-0.05, 0) is 6.42 Å². The second kappa shape index (κ2) is 8.45. The van der Waals surface area contributed by atoms with Gasteiger partial charge in [-0.15, -0.1) is 0 Å². The summed E-state index contributed by atoms with van der Waals surface area (Å²) in [7, 11) is 0. The van der Waals surface area contributed by atoms with Gasteiger partial charge in [0.25, 0.3) is 0 Å². The third-order valence-corrected chi connectivity index (χ3v) is 3.78. The van der Waals surface area contributed by atoms with Crippen LogP contribution in [0.1, 0.15) is 23.2 Å². The van der Waals surface area contributed by atoms with Gasteiger partial charge < -0.3 is 0 Å². The number of halogens is 6. The van der Waals surface area contributed by atoms with Crippen LogP contribution in [0, 0.1) is 0 Å². The first-order valence-electron chi connectivity index (χ1n) is 6.41. The van der Waals surface area contributed by atoms with Gasteiger partial charge in [0.1, 0.15) is 6.17 Å². The molecule has 0 aliphatic rings. The Balaban J connectivity index is 2.35. The minimum Gasteiger partial charge on any atom is -0.282 e. The highest BCUT2D eigenvalue weighted by Crippen LogP contribution is 2.32. The third kappa shape index (κ3) is 5.55. The Kier molecular flexibility index (Phi) is 7.25. The molecule has 22 heavy (non-hydrogen) atoms. The van der Waals surface area contributed by atoms with Crippen LogP contribution < -0.4 is 0 Å². The molecule has 0 saturated heterocycles. The summed E-state index contributed by atoms with van der Waals surface area (Å²) in [5.41, 5.74) is 0.399. The highest BCUT2D eigenvalue weighted by atomic mass is 32.2. The maximum Gasteiger partial charge on any atom is 0.337 e. The Hall–Kier alpha value is -1.18. The zero-order valence-electron chi connectivity index (χ0n) is 11.3. The van der Waals surface area contributed by atoms with Gasteiger partial charge in [0.15, 0.2) is 6.17 Å².